The Morgan fingerprint density at radius 3 is 2.25 bits per heavy atom. The normalized spacial score (nSPS) is 20.3. The highest BCUT2D eigenvalue weighted by atomic mass is 16.6. The summed E-state index contributed by atoms with van der Waals surface area (Å²) in [4.78, 5) is 25.9. The monoisotopic (exact) mass is 390 g/mol. The molecule has 1 aromatic rings. The number of carbonyl (C=O) groups is 1. The zero-order chi connectivity index (χ0) is 21.2. The lowest BCUT2D eigenvalue weighted by atomic mass is 10.0. The molecule has 0 saturated heterocycles. The third-order valence-electron chi connectivity index (χ3n) is 5.43. The predicted molar refractivity (Wildman–Crippen MR) is 112 cm³/mol. The van der Waals surface area contributed by atoms with E-state index in [1.54, 1.807) is 13.0 Å². The summed E-state index contributed by atoms with van der Waals surface area (Å²) in [6.07, 6.45) is 0. The number of carbonyl (C=O) groups excluding carboxylic acids is 1. The Hall–Kier alpha value is -2.11. The molecule has 28 heavy (non-hydrogen) atoms. The van der Waals surface area contributed by atoms with Crippen molar-refractivity contribution < 1.29 is 14.5 Å². The van der Waals surface area contributed by atoms with Crippen molar-refractivity contribution in [1.29, 1.82) is 0 Å². The fourth-order valence-electron chi connectivity index (χ4n) is 4.23. The van der Waals surface area contributed by atoms with Gasteiger partial charge in [0.2, 0.25) is 0 Å². The van der Waals surface area contributed by atoms with Gasteiger partial charge in [0.1, 0.15) is 5.69 Å². The van der Waals surface area contributed by atoms with E-state index in [1.807, 2.05) is 26.0 Å². The zero-order valence-electron chi connectivity index (χ0n) is 18.2. The summed E-state index contributed by atoms with van der Waals surface area (Å²) in [6, 6.07) is 5.46. The highest BCUT2D eigenvalue weighted by Crippen LogP contribution is 2.65. The highest BCUT2D eigenvalue weighted by Gasteiger charge is 2.63. The lowest BCUT2D eigenvalue weighted by molar-refractivity contribution is -0.384. The van der Waals surface area contributed by atoms with Crippen molar-refractivity contribution >= 4 is 17.3 Å². The molecule has 156 valence electrons. The smallest absolute Gasteiger partial charge is 0.310 e. The molecule has 1 aliphatic rings. The maximum atomic E-state index is 12.3. The van der Waals surface area contributed by atoms with Gasteiger partial charge in [-0.1, -0.05) is 47.6 Å². The van der Waals surface area contributed by atoms with Gasteiger partial charge in [0.15, 0.2) is 0 Å². The number of nitro groups is 1. The van der Waals surface area contributed by atoms with Gasteiger partial charge in [-0.2, -0.15) is 0 Å². The van der Waals surface area contributed by atoms with Crippen LogP contribution in [0.4, 0.5) is 11.4 Å². The third-order valence-corrected chi connectivity index (χ3v) is 5.43. The van der Waals surface area contributed by atoms with Crippen molar-refractivity contribution in [3.05, 3.63) is 33.9 Å². The number of benzene rings is 1. The predicted octanol–water partition coefficient (Wildman–Crippen LogP) is 5.02. The second-order valence-corrected chi connectivity index (χ2v) is 9.23. The van der Waals surface area contributed by atoms with Crippen molar-refractivity contribution in [2.75, 3.05) is 24.6 Å². The Morgan fingerprint density at radius 1 is 1.21 bits per heavy atom. The van der Waals surface area contributed by atoms with Crippen LogP contribution in [0, 0.1) is 33.3 Å². The average molecular weight is 391 g/mol. The van der Waals surface area contributed by atoms with Gasteiger partial charge in [-0.3, -0.25) is 14.9 Å². The number of nitrogens with zero attached hydrogens (tertiary/aromatic N) is 2. The van der Waals surface area contributed by atoms with E-state index in [9.17, 15) is 14.9 Å². The molecule has 0 aliphatic heterocycles. The lowest BCUT2D eigenvalue weighted by Crippen LogP contribution is -2.31. The molecule has 0 aromatic heterocycles. The van der Waals surface area contributed by atoms with E-state index in [2.05, 4.69) is 32.6 Å². The first-order chi connectivity index (χ1) is 13.0. The second-order valence-electron chi connectivity index (χ2n) is 9.23. The Labute approximate surface area is 168 Å². The fourth-order valence-corrected chi connectivity index (χ4v) is 4.23. The van der Waals surface area contributed by atoms with Gasteiger partial charge in [0.25, 0.3) is 5.69 Å². The topological polar surface area (TPSA) is 72.7 Å². The van der Waals surface area contributed by atoms with Gasteiger partial charge >= 0.3 is 5.97 Å². The summed E-state index contributed by atoms with van der Waals surface area (Å²) in [6.45, 7) is 16.2. The molecule has 0 bridgehead atoms. The summed E-state index contributed by atoms with van der Waals surface area (Å²) in [7, 11) is 0. The van der Waals surface area contributed by atoms with Crippen LogP contribution >= 0.6 is 0 Å². The number of nitro benzene ring substituents is 1. The molecule has 6 heteroatoms. The second kappa shape index (κ2) is 8.50. The molecule has 1 fully saturated rings. The maximum Gasteiger partial charge on any atom is 0.310 e. The maximum absolute atomic E-state index is 12.3. The van der Waals surface area contributed by atoms with Crippen LogP contribution in [0.1, 0.15) is 59.9 Å². The van der Waals surface area contributed by atoms with Crippen LogP contribution in [0.5, 0.6) is 0 Å². The Bertz CT molecular complexity index is 717. The summed E-state index contributed by atoms with van der Waals surface area (Å²) in [5.74, 6) is 0.274. The van der Waals surface area contributed by atoms with Crippen LogP contribution in [0.25, 0.3) is 0 Å². The van der Waals surface area contributed by atoms with E-state index in [4.69, 9.17) is 4.74 Å². The first-order valence-electron chi connectivity index (χ1n) is 10.2. The molecule has 0 radical (unpaired) electrons. The van der Waals surface area contributed by atoms with Gasteiger partial charge in [-0.15, -0.1) is 0 Å². The van der Waals surface area contributed by atoms with Crippen molar-refractivity contribution in [3.8, 4) is 0 Å². The molecule has 1 aliphatic carbocycles. The van der Waals surface area contributed by atoms with Crippen molar-refractivity contribution in [3.63, 3.8) is 0 Å². The van der Waals surface area contributed by atoms with Crippen LogP contribution in [0.2, 0.25) is 0 Å². The van der Waals surface area contributed by atoms with Gasteiger partial charge in [0, 0.05) is 25.1 Å². The highest BCUT2D eigenvalue weighted by molar-refractivity contribution is 5.80. The lowest BCUT2D eigenvalue weighted by Gasteiger charge is -2.28. The summed E-state index contributed by atoms with van der Waals surface area (Å²) < 4.78 is 5.20. The first-order valence-corrected chi connectivity index (χ1v) is 10.2. The van der Waals surface area contributed by atoms with Crippen LogP contribution in [-0.2, 0) is 9.53 Å². The molecule has 1 saturated carbocycles. The Kier molecular flexibility index (Phi) is 6.73. The van der Waals surface area contributed by atoms with E-state index in [1.165, 1.54) is 0 Å². The summed E-state index contributed by atoms with van der Waals surface area (Å²) >= 11 is 0. The van der Waals surface area contributed by atoms with Crippen LogP contribution in [-0.4, -0.2) is 30.6 Å². The fraction of sp³-hybridized carbons (Fsp3) is 0.682. The van der Waals surface area contributed by atoms with Crippen molar-refractivity contribution in [2.24, 2.45) is 23.2 Å². The Morgan fingerprint density at radius 2 is 1.79 bits per heavy atom. The van der Waals surface area contributed by atoms with Gasteiger partial charge in [-0.05, 0) is 35.8 Å². The first kappa shape index (κ1) is 22.2. The quantitative estimate of drug-likeness (QED) is 0.336. The van der Waals surface area contributed by atoms with E-state index < -0.39 is 0 Å². The minimum absolute atomic E-state index is 0.0528. The minimum atomic E-state index is -0.304. The van der Waals surface area contributed by atoms with E-state index in [-0.39, 0.29) is 33.8 Å². The largest absolute Gasteiger partial charge is 0.466 e. The standard InChI is InChI=1S/C22H34N2O4/c1-8-28-21(25)20-19(22(20,6)7)16-9-10-17(18(11-16)24(26)27)23(12-14(2)3)13-15(4)5/h9-11,14-15,19-20H,8,12-13H2,1-7H3. The molecule has 2 rings (SSSR count). The Balaban J connectivity index is 2.40. The molecular formula is C22H34N2O4. The number of hydrogen-bond acceptors (Lipinski definition) is 5. The number of hydrogen-bond donors (Lipinski definition) is 0. The van der Waals surface area contributed by atoms with Crippen LogP contribution in [0.3, 0.4) is 0 Å². The van der Waals surface area contributed by atoms with E-state index in [0.717, 1.165) is 18.7 Å². The van der Waals surface area contributed by atoms with E-state index >= 15 is 0 Å². The number of rotatable bonds is 9. The molecule has 2 unspecified atom stereocenters. The molecular weight excluding hydrogens is 356 g/mol. The zero-order valence-corrected chi connectivity index (χ0v) is 18.2. The summed E-state index contributed by atoms with van der Waals surface area (Å²) in [5.41, 5.74) is 1.36. The molecule has 0 N–H and O–H groups in total. The van der Waals surface area contributed by atoms with E-state index in [0.29, 0.717) is 24.1 Å². The average Bonchev–Trinajstić information content (AvgIpc) is 3.15. The number of esters is 1. The number of ether oxygens (including phenoxy) is 1. The van der Waals surface area contributed by atoms with Crippen molar-refractivity contribution in [1.82, 2.24) is 0 Å². The SMILES string of the molecule is CCOC(=O)C1C(c2ccc(N(CC(C)C)CC(C)C)c([N+](=O)[O-])c2)C1(C)C. The van der Waals surface area contributed by atoms with Crippen LogP contribution < -0.4 is 4.90 Å². The van der Waals surface area contributed by atoms with Crippen LogP contribution in [0.15, 0.2) is 18.2 Å². The molecule has 6 nitrogen and oxygen atoms in total. The third kappa shape index (κ3) is 4.65. The summed E-state index contributed by atoms with van der Waals surface area (Å²) in [5, 5.41) is 11.9. The molecule has 2 atom stereocenters. The molecule has 1 aromatic carbocycles. The molecule has 0 amide bonds. The number of anilines is 1. The van der Waals surface area contributed by atoms with Crippen molar-refractivity contribution in [2.45, 2.75) is 54.4 Å². The van der Waals surface area contributed by atoms with Gasteiger partial charge in [0.05, 0.1) is 17.4 Å². The molecule has 0 spiro atoms. The van der Waals surface area contributed by atoms with Gasteiger partial charge in [-0.25, -0.2) is 0 Å². The van der Waals surface area contributed by atoms with Gasteiger partial charge < -0.3 is 9.64 Å². The minimum Gasteiger partial charge on any atom is -0.466 e. The molecule has 0 heterocycles.